The number of fused-ring (bicyclic) bond motifs is 1. The fraction of sp³-hybridized carbons (Fsp3) is 0.111. The molecule has 2 aromatic rings. The van der Waals surface area contributed by atoms with Gasteiger partial charge < -0.3 is 0 Å². The lowest BCUT2D eigenvalue weighted by atomic mass is 10.1. The van der Waals surface area contributed by atoms with Crippen LogP contribution in [0.15, 0.2) is 18.5 Å². The molecular formula is C9H6ClFN2. The maximum Gasteiger partial charge on any atom is 0.140 e. The van der Waals surface area contributed by atoms with Gasteiger partial charge in [0, 0.05) is 11.5 Å². The van der Waals surface area contributed by atoms with E-state index in [0.717, 1.165) is 5.56 Å². The Labute approximate surface area is 79.4 Å². The summed E-state index contributed by atoms with van der Waals surface area (Å²) in [5.41, 5.74) is 1.29. The van der Waals surface area contributed by atoms with Gasteiger partial charge in [0.15, 0.2) is 0 Å². The van der Waals surface area contributed by atoms with Gasteiger partial charge in [-0.1, -0.05) is 11.6 Å². The molecule has 0 N–H and O–H groups in total. The SMILES string of the molecule is Cc1cc(F)cc2ncnc(Cl)c12. The fourth-order valence-corrected chi connectivity index (χ4v) is 1.59. The summed E-state index contributed by atoms with van der Waals surface area (Å²) in [5.74, 6) is -0.306. The van der Waals surface area contributed by atoms with Crippen LogP contribution >= 0.6 is 11.6 Å². The van der Waals surface area contributed by atoms with Crippen molar-refractivity contribution in [1.29, 1.82) is 0 Å². The largest absolute Gasteiger partial charge is 0.236 e. The first-order valence-corrected chi connectivity index (χ1v) is 4.12. The Hall–Kier alpha value is -1.22. The van der Waals surface area contributed by atoms with Gasteiger partial charge in [-0.25, -0.2) is 14.4 Å². The molecule has 0 aliphatic carbocycles. The summed E-state index contributed by atoms with van der Waals surface area (Å²) in [5, 5.41) is 1.08. The molecule has 13 heavy (non-hydrogen) atoms. The van der Waals surface area contributed by atoms with Crippen molar-refractivity contribution in [3.05, 3.63) is 35.0 Å². The third-order valence-electron chi connectivity index (χ3n) is 1.85. The fourth-order valence-electron chi connectivity index (χ4n) is 1.30. The maximum atomic E-state index is 12.9. The van der Waals surface area contributed by atoms with Crippen molar-refractivity contribution in [3.63, 3.8) is 0 Å². The second-order valence-corrected chi connectivity index (χ2v) is 3.14. The summed E-state index contributed by atoms with van der Waals surface area (Å²) < 4.78 is 12.9. The van der Waals surface area contributed by atoms with Gasteiger partial charge in [0.2, 0.25) is 0 Å². The highest BCUT2D eigenvalue weighted by molar-refractivity contribution is 6.34. The Morgan fingerprint density at radius 3 is 2.85 bits per heavy atom. The average molecular weight is 197 g/mol. The molecule has 0 aliphatic heterocycles. The Morgan fingerprint density at radius 1 is 1.31 bits per heavy atom. The molecule has 0 atom stereocenters. The van der Waals surface area contributed by atoms with E-state index in [1.807, 2.05) is 0 Å². The third kappa shape index (κ3) is 1.35. The van der Waals surface area contributed by atoms with Crippen molar-refractivity contribution in [2.45, 2.75) is 6.92 Å². The summed E-state index contributed by atoms with van der Waals surface area (Å²) >= 11 is 5.84. The molecule has 0 unspecified atom stereocenters. The number of benzene rings is 1. The molecule has 0 bridgehead atoms. The molecule has 0 saturated heterocycles. The van der Waals surface area contributed by atoms with Crippen LogP contribution in [-0.2, 0) is 0 Å². The second-order valence-electron chi connectivity index (χ2n) is 2.78. The van der Waals surface area contributed by atoms with Crippen LogP contribution in [0.4, 0.5) is 4.39 Å². The van der Waals surface area contributed by atoms with Crippen molar-refractivity contribution in [3.8, 4) is 0 Å². The molecular weight excluding hydrogens is 191 g/mol. The first-order chi connectivity index (χ1) is 6.18. The molecule has 0 radical (unpaired) electrons. The molecule has 2 rings (SSSR count). The molecule has 2 nitrogen and oxygen atoms in total. The van der Waals surface area contributed by atoms with Crippen LogP contribution in [0.25, 0.3) is 10.9 Å². The van der Waals surface area contributed by atoms with Crippen LogP contribution in [-0.4, -0.2) is 9.97 Å². The maximum absolute atomic E-state index is 12.9. The molecule has 0 amide bonds. The normalized spacial score (nSPS) is 10.7. The Bertz CT molecular complexity index is 470. The summed E-state index contributed by atoms with van der Waals surface area (Å²) in [6.07, 6.45) is 1.32. The van der Waals surface area contributed by atoms with Crippen LogP contribution in [0.2, 0.25) is 5.15 Å². The van der Waals surface area contributed by atoms with Gasteiger partial charge in [0.25, 0.3) is 0 Å². The van der Waals surface area contributed by atoms with E-state index in [-0.39, 0.29) is 5.82 Å². The molecule has 0 spiro atoms. The first kappa shape index (κ1) is 8.38. The lowest BCUT2D eigenvalue weighted by molar-refractivity contribution is 0.628. The van der Waals surface area contributed by atoms with Gasteiger partial charge in [-0.05, 0) is 18.6 Å². The minimum atomic E-state index is -0.306. The van der Waals surface area contributed by atoms with Crippen molar-refractivity contribution in [2.24, 2.45) is 0 Å². The zero-order chi connectivity index (χ0) is 9.42. The highest BCUT2D eigenvalue weighted by Gasteiger charge is 2.05. The standard InChI is InChI=1S/C9H6ClFN2/c1-5-2-6(11)3-7-8(5)9(10)13-4-12-7/h2-4H,1H3. The molecule has 0 aliphatic rings. The number of hydrogen-bond acceptors (Lipinski definition) is 2. The van der Waals surface area contributed by atoms with Crippen molar-refractivity contribution >= 4 is 22.5 Å². The van der Waals surface area contributed by atoms with E-state index in [1.54, 1.807) is 6.92 Å². The van der Waals surface area contributed by atoms with Crippen molar-refractivity contribution < 1.29 is 4.39 Å². The third-order valence-corrected chi connectivity index (χ3v) is 2.14. The molecule has 0 saturated carbocycles. The van der Waals surface area contributed by atoms with Gasteiger partial charge in [0.1, 0.15) is 17.3 Å². The van der Waals surface area contributed by atoms with Gasteiger partial charge in [0.05, 0.1) is 5.52 Å². The average Bonchev–Trinajstić information content (AvgIpc) is 2.02. The zero-order valence-corrected chi connectivity index (χ0v) is 7.64. The highest BCUT2D eigenvalue weighted by Crippen LogP contribution is 2.23. The van der Waals surface area contributed by atoms with E-state index in [2.05, 4.69) is 9.97 Å². The van der Waals surface area contributed by atoms with Crippen molar-refractivity contribution in [2.75, 3.05) is 0 Å². The summed E-state index contributed by atoms with van der Waals surface area (Å²) in [7, 11) is 0. The molecule has 4 heteroatoms. The van der Waals surface area contributed by atoms with Crippen LogP contribution in [0, 0.1) is 12.7 Å². The number of aryl methyl sites for hydroxylation is 1. The minimum absolute atomic E-state index is 0.306. The smallest absolute Gasteiger partial charge is 0.140 e. The van der Waals surface area contributed by atoms with Crippen LogP contribution < -0.4 is 0 Å². The number of aromatic nitrogens is 2. The Morgan fingerprint density at radius 2 is 2.08 bits per heavy atom. The van der Waals surface area contributed by atoms with E-state index in [0.29, 0.717) is 16.1 Å². The quantitative estimate of drug-likeness (QED) is 0.606. The zero-order valence-electron chi connectivity index (χ0n) is 6.88. The molecule has 66 valence electrons. The summed E-state index contributed by atoms with van der Waals surface area (Å²) in [6.45, 7) is 1.78. The molecule has 0 fully saturated rings. The molecule has 1 aromatic heterocycles. The summed E-state index contributed by atoms with van der Waals surface area (Å²) in [6, 6.07) is 2.76. The van der Waals surface area contributed by atoms with Crippen LogP contribution in [0.5, 0.6) is 0 Å². The minimum Gasteiger partial charge on any atom is -0.236 e. The lowest BCUT2D eigenvalue weighted by Crippen LogP contribution is -1.88. The Balaban J connectivity index is 2.94. The number of hydrogen-bond donors (Lipinski definition) is 0. The highest BCUT2D eigenvalue weighted by atomic mass is 35.5. The van der Waals surface area contributed by atoms with E-state index < -0.39 is 0 Å². The number of rotatable bonds is 0. The molecule has 1 aromatic carbocycles. The van der Waals surface area contributed by atoms with E-state index in [4.69, 9.17) is 11.6 Å². The van der Waals surface area contributed by atoms with Crippen LogP contribution in [0.3, 0.4) is 0 Å². The lowest BCUT2D eigenvalue weighted by Gasteiger charge is -2.02. The van der Waals surface area contributed by atoms with Crippen LogP contribution in [0.1, 0.15) is 5.56 Å². The number of halogens is 2. The predicted molar refractivity (Wildman–Crippen MR) is 49.2 cm³/mol. The van der Waals surface area contributed by atoms with E-state index in [9.17, 15) is 4.39 Å². The topological polar surface area (TPSA) is 25.8 Å². The molecule has 1 heterocycles. The first-order valence-electron chi connectivity index (χ1n) is 3.75. The van der Waals surface area contributed by atoms with Gasteiger partial charge in [-0.3, -0.25) is 0 Å². The van der Waals surface area contributed by atoms with Gasteiger partial charge in [-0.15, -0.1) is 0 Å². The number of nitrogens with zero attached hydrogens (tertiary/aromatic N) is 2. The summed E-state index contributed by atoms with van der Waals surface area (Å²) in [4.78, 5) is 7.76. The van der Waals surface area contributed by atoms with Crippen molar-refractivity contribution in [1.82, 2.24) is 9.97 Å². The Kier molecular flexibility index (Phi) is 1.88. The second kappa shape index (κ2) is 2.92. The monoisotopic (exact) mass is 196 g/mol. The predicted octanol–water partition coefficient (Wildman–Crippen LogP) is 2.73. The van der Waals surface area contributed by atoms with E-state index >= 15 is 0 Å². The van der Waals surface area contributed by atoms with Gasteiger partial charge >= 0.3 is 0 Å². The van der Waals surface area contributed by atoms with Gasteiger partial charge in [-0.2, -0.15) is 0 Å². The van der Waals surface area contributed by atoms with E-state index in [1.165, 1.54) is 18.5 Å².